The van der Waals surface area contributed by atoms with E-state index in [-0.39, 0.29) is 36.7 Å². The maximum atomic E-state index is 12.9. The number of carbonyl (C=O) groups is 1. The fourth-order valence-electron chi connectivity index (χ4n) is 2.71. The SMILES string of the molecule is CCOP(=O)(OCC)C(Cc1c(O)ccc2c(O)cccc12)C(=O)O. The molecule has 0 aromatic heterocycles. The van der Waals surface area contributed by atoms with E-state index >= 15 is 0 Å². The third-order valence-corrected chi connectivity index (χ3v) is 6.21. The van der Waals surface area contributed by atoms with Crippen LogP contribution >= 0.6 is 7.60 Å². The lowest BCUT2D eigenvalue weighted by atomic mass is 9.99. The maximum Gasteiger partial charge on any atom is 0.345 e. The third kappa shape index (κ3) is 3.95. The summed E-state index contributed by atoms with van der Waals surface area (Å²) in [6.07, 6.45) is -0.265. The highest BCUT2D eigenvalue weighted by atomic mass is 31.2. The minimum absolute atomic E-state index is 0.00317. The molecule has 0 heterocycles. The second-order valence-electron chi connectivity index (χ2n) is 5.37. The molecule has 2 rings (SSSR count). The summed E-state index contributed by atoms with van der Waals surface area (Å²) in [7, 11) is -3.93. The van der Waals surface area contributed by atoms with E-state index in [1.807, 2.05) is 0 Å². The summed E-state index contributed by atoms with van der Waals surface area (Å²) >= 11 is 0. The standard InChI is InChI=1S/C17H21O7P/c1-3-23-25(22,24-4-2)16(17(20)21)10-13-11-6-5-7-14(18)12(11)8-9-15(13)19/h5-9,16,18-19H,3-4,10H2,1-2H3,(H,20,21). The number of phenolic OH excluding ortho intramolecular Hbond substituents is 2. The van der Waals surface area contributed by atoms with Crippen LogP contribution in [-0.4, -0.2) is 40.2 Å². The number of rotatable bonds is 8. The molecule has 0 aliphatic carbocycles. The van der Waals surface area contributed by atoms with Gasteiger partial charge < -0.3 is 24.4 Å². The van der Waals surface area contributed by atoms with Crippen LogP contribution in [-0.2, 0) is 24.8 Å². The molecule has 3 N–H and O–H groups in total. The quantitative estimate of drug-likeness (QED) is 0.611. The van der Waals surface area contributed by atoms with Crippen molar-refractivity contribution >= 4 is 24.3 Å². The van der Waals surface area contributed by atoms with Crippen molar-refractivity contribution in [2.75, 3.05) is 13.2 Å². The highest BCUT2D eigenvalue weighted by Gasteiger charge is 2.42. The Bertz CT molecular complexity index is 808. The number of benzene rings is 2. The Labute approximate surface area is 145 Å². The monoisotopic (exact) mass is 368 g/mol. The molecule has 136 valence electrons. The predicted octanol–water partition coefficient (Wildman–Crippen LogP) is 3.51. The molecule has 1 unspecified atom stereocenters. The zero-order chi connectivity index (χ0) is 18.6. The van der Waals surface area contributed by atoms with Crippen molar-refractivity contribution in [3.05, 3.63) is 35.9 Å². The van der Waals surface area contributed by atoms with E-state index in [0.717, 1.165) is 0 Å². The largest absolute Gasteiger partial charge is 0.508 e. The van der Waals surface area contributed by atoms with Crippen molar-refractivity contribution in [3.63, 3.8) is 0 Å². The minimum Gasteiger partial charge on any atom is -0.508 e. The first-order valence-corrected chi connectivity index (χ1v) is 9.49. The van der Waals surface area contributed by atoms with Crippen molar-refractivity contribution in [3.8, 4) is 11.5 Å². The first kappa shape index (κ1) is 19.2. The van der Waals surface area contributed by atoms with Crippen LogP contribution in [0.2, 0.25) is 0 Å². The van der Waals surface area contributed by atoms with Crippen LogP contribution < -0.4 is 0 Å². The summed E-state index contributed by atoms with van der Waals surface area (Å²) in [6.45, 7) is 3.25. The van der Waals surface area contributed by atoms with Gasteiger partial charge >= 0.3 is 13.6 Å². The Kier molecular flexibility index (Phi) is 6.06. The van der Waals surface area contributed by atoms with Gasteiger partial charge in [0.05, 0.1) is 13.2 Å². The Morgan fingerprint density at radius 3 is 2.24 bits per heavy atom. The smallest absolute Gasteiger partial charge is 0.345 e. The van der Waals surface area contributed by atoms with E-state index in [4.69, 9.17) is 9.05 Å². The molecule has 0 aliphatic rings. The number of phenols is 2. The number of carboxylic acid groups (broad SMARTS) is 1. The molecule has 0 spiro atoms. The Balaban J connectivity index is 2.56. The summed E-state index contributed by atoms with van der Waals surface area (Å²) < 4.78 is 23.2. The van der Waals surface area contributed by atoms with Crippen LogP contribution in [0.1, 0.15) is 19.4 Å². The molecule has 0 aliphatic heterocycles. The van der Waals surface area contributed by atoms with Crippen molar-refractivity contribution in [1.82, 2.24) is 0 Å². The van der Waals surface area contributed by atoms with Crippen molar-refractivity contribution in [2.24, 2.45) is 0 Å². The van der Waals surface area contributed by atoms with Gasteiger partial charge in [-0.15, -0.1) is 0 Å². The molecule has 2 aromatic carbocycles. The van der Waals surface area contributed by atoms with E-state index < -0.39 is 19.2 Å². The number of hydrogen-bond donors (Lipinski definition) is 3. The van der Waals surface area contributed by atoms with Crippen LogP contribution in [0, 0.1) is 0 Å². The summed E-state index contributed by atoms with van der Waals surface area (Å²) in [6, 6.07) is 7.62. The van der Waals surface area contributed by atoms with Gasteiger partial charge in [0.25, 0.3) is 0 Å². The van der Waals surface area contributed by atoms with Gasteiger partial charge in [0.15, 0.2) is 5.66 Å². The average molecular weight is 368 g/mol. The molecule has 7 nitrogen and oxygen atoms in total. The Hall–Kier alpha value is -2.08. The van der Waals surface area contributed by atoms with Gasteiger partial charge in [0.1, 0.15) is 11.5 Å². The maximum absolute atomic E-state index is 12.9. The predicted molar refractivity (Wildman–Crippen MR) is 93.3 cm³/mol. The molecule has 0 fully saturated rings. The normalized spacial score (nSPS) is 13.0. The van der Waals surface area contributed by atoms with Gasteiger partial charge in [0, 0.05) is 17.4 Å². The average Bonchev–Trinajstić information content (AvgIpc) is 2.54. The number of fused-ring (bicyclic) bond motifs is 1. The molecule has 0 bridgehead atoms. The number of aromatic hydroxyl groups is 2. The second kappa shape index (κ2) is 7.87. The van der Waals surface area contributed by atoms with E-state index in [1.165, 1.54) is 18.2 Å². The molecule has 0 saturated heterocycles. The Morgan fingerprint density at radius 2 is 1.68 bits per heavy atom. The van der Waals surface area contributed by atoms with Gasteiger partial charge in [-0.3, -0.25) is 9.36 Å². The number of carboxylic acids is 1. The van der Waals surface area contributed by atoms with E-state index in [2.05, 4.69) is 0 Å². The molecular formula is C17H21O7P. The van der Waals surface area contributed by atoms with Crippen LogP contribution in [0.25, 0.3) is 10.8 Å². The van der Waals surface area contributed by atoms with Crippen molar-refractivity contribution < 1.29 is 33.7 Å². The van der Waals surface area contributed by atoms with E-state index in [1.54, 1.807) is 26.0 Å². The fraction of sp³-hybridized carbons (Fsp3) is 0.353. The summed E-state index contributed by atoms with van der Waals surface area (Å²) in [5.41, 5.74) is -1.22. The Morgan fingerprint density at radius 1 is 1.04 bits per heavy atom. The van der Waals surface area contributed by atoms with Crippen LogP contribution in [0.4, 0.5) is 0 Å². The first-order valence-electron chi connectivity index (χ1n) is 7.88. The van der Waals surface area contributed by atoms with Gasteiger partial charge in [-0.25, -0.2) is 0 Å². The molecule has 0 radical (unpaired) electrons. The minimum atomic E-state index is -3.93. The summed E-state index contributed by atoms with van der Waals surface area (Å²) in [5.74, 6) is -1.49. The summed E-state index contributed by atoms with van der Waals surface area (Å²) in [4.78, 5) is 11.8. The molecule has 1 atom stereocenters. The van der Waals surface area contributed by atoms with Crippen LogP contribution in [0.15, 0.2) is 30.3 Å². The summed E-state index contributed by atoms with van der Waals surface area (Å²) in [5, 5.41) is 30.7. The second-order valence-corrected chi connectivity index (χ2v) is 7.59. The van der Waals surface area contributed by atoms with E-state index in [0.29, 0.717) is 10.8 Å². The van der Waals surface area contributed by atoms with Gasteiger partial charge in [-0.2, -0.15) is 0 Å². The lowest BCUT2D eigenvalue weighted by Crippen LogP contribution is -2.26. The van der Waals surface area contributed by atoms with Gasteiger partial charge in [0.2, 0.25) is 0 Å². The molecule has 0 saturated carbocycles. The third-order valence-electron chi connectivity index (χ3n) is 3.81. The molecule has 2 aromatic rings. The highest BCUT2D eigenvalue weighted by Crippen LogP contribution is 2.54. The number of hydrogen-bond acceptors (Lipinski definition) is 6. The number of aliphatic carboxylic acids is 1. The fourth-order valence-corrected chi connectivity index (χ4v) is 4.54. The zero-order valence-corrected chi connectivity index (χ0v) is 14.9. The zero-order valence-electron chi connectivity index (χ0n) is 14.0. The molecule has 25 heavy (non-hydrogen) atoms. The van der Waals surface area contributed by atoms with Crippen LogP contribution in [0.5, 0.6) is 11.5 Å². The first-order chi connectivity index (χ1) is 11.8. The van der Waals surface area contributed by atoms with Crippen molar-refractivity contribution in [1.29, 1.82) is 0 Å². The van der Waals surface area contributed by atoms with Gasteiger partial charge in [-0.1, -0.05) is 12.1 Å². The molecule has 8 heteroatoms. The van der Waals surface area contributed by atoms with Crippen LogP contribution in [0.3, 0.4) is 0 Å². The lowest BCUT2D eigenvalue weighted by Gasteiger charge is -2.24. The van der Waals surface area contributed by atoms with E-state index in [9.17, 15) is 24.7 Å². The van der Waals surface area contributed by atoms with Crippen molar-refractivity contribution in [2.45, 2.75) is 25.9 Å². The molecule has 0 amide bonds. The highest BCUT2D eigenvalue weighted by molar-refractivity contribution is 7.55. The molecular weight excluding hydrogens is 347 g/mol. The topological polar surface area (TPSA) is 113 Å². The lowest BCUT2D eigenvalue weighted by molar-refractivity contribution is -0.137. The van der Waals surface area contributed by atoms with Gasteiger partial charge in [-0.05, 0) is 37.4 Å².